The van der Waals surface area contributed by atoms with Gasteiger partial charge in [0.1, 0.15) is 0 Å². The first-order valence-corrected chi connectivity index (χ1v) is 7.32. The first-order chi connectivity index (χ1) is 8.99. The van der Waals surface area contributed by atoms with Crippen molar-refractivity contribution in [2.45, 2.75) is 58.5 Å². The number of rotatable bonds is 7. The lowest BCUT2D eigenvalue weighted by atomic mass is 10.1. The Kier molecular flexibility index (Phi) is 6.28. The largest absolute Gasteiger partial charge is 0.356 e. The monoisotopic (exact) mass is 269 g/mol. The fourth-order valence-corrected chi connectivity index (χ4v) is 2.56. The second-order valence-electron chi connectivity index (χ2n) is 5.47. The van der Waals surface area contributed by atoms with Crippen molar-refractivity contribution >= 4 is 11.8 Å². The summed E-state index contributed by atoms with van der Waals surface area (Å²) in [7, 11) is 0. The van der Waals surface area contributed by atoms with Crippen molar-refractivity contribution in [2.75, 3.05) is 13.1 Å². The van der Waals surface area contributed by atoms with E-state index in [0.717, 1.165) is 19.3 Å². The lowest BCUT2D eigenvalue weighted by Gasteiger charge is -2.26. The van der Waals surface area contributed by atoms with Crippen molar-refractivity contribution in [3.05, 3.63) is 0 Å². The molecule has 1 aliphatic heterocycles. The average molecular weight is 269 g/mol. The van der Waals surface area contributed by atoms with Crippen LogP contribution in [-0.4, -0.2) is 41.9 Å². The van der Waals surface area contributed by atoms with E-state index in [1.54, 1.807) is 0 Å². The van der Waals surface area contributed by atoms with E-state index in [-0.39, 0.29) is 29.8 Å². The number of nitrogens with two attached hydrogens (primary N) is 1. The molecular formula is C14H27N3O2. The molecule has 19 heavy (non-hydrogen) atoms. The predicted octanol–water partition coefficient (Wildman–Crippen LogP) is 0.877. The summed E-state index contributed by atoms with van der Waals surface area (Å²) < 4.78 is 0. The minimum absolute atomic E-state index is 0.0116. The van der Waals surface area contributed by atoms with Gasteiger partial charge in [0, 0.05) is 31.6 Å². The maximum Gasteiger partial charge on any atom is 0.225 e. The number of nitrogens with one attached hydrogen (secondary N) is 1. The third-order valence-corrected chi connectivity index (χ3v) is 3.81. The highest BCUT2D eigenvalue weighted by Crippen LogP contribution is 2.23. The van der Waals surface area contributed by atoms with Crippen molar-refractivity contribution < 1.29 is 9.59 Å². The number of hydrogen-bond acceptors (Lipinski definition) is 3. The summed E-state index contributed by atoms with van der Waals surface area (Å²) in [4.78, 5) is 25.8. The molecule has 1 aliphatic rings. The van der Waals surface area contributed by atoms with Gasteiger partial charge in [-0.15, -0.1) is 0 Å². The van der Waals surface area contributed by atoms with Crippen molar-refractivity contribution in [2.24, 2.45) is 11.7 Å². The summed E-state index contributed by atoms with van der Waals surface area (Å²) in [5.41, 5.74) is 5.64. The van der Waals surface area contributed by atoms with E-state index < -0.39 is 0 Å². The van der Waals surface area contributed by atoms with Crippen LogP contribution in [-0.2, 0) is 9.59 Å². The van der Waals surface area contributed by atoms with E-state index in [9.17, 15) is 9.59 Å². The second-order valence-corrected chi connectivity index (χ2v) is 5.47. The summed E-state index contributed by atoms with van der Waals surface area (Å²) in [6, 6.07) is 0.362. The normalized spacial score (nSPS) is 21.0. The number of likely N-dealkylation sites (tertiary alicyclic amines) is 1. The van der Waals surface area contributed by atoms with Crippen LogP contribution in [0.25, 0.3) is 0 Å². The molecule has 0 aromatic heterocycles. The predicted molar refractivity (Wildman–Crippen MR) is 75.5 cm³/mol. The molecule has 0 radical (unpaired) electrons. The third-order valence-electron chi connectivity index (χ3n) is 3.81. The summed E-state index contributed by atoms with van der Waals surface area (Å²) >= 11 is 0. The molecule has 3 N–H and O–H groups in total. The van der Waals surface area contributed by atoms with Crippen LogP contribution in [0.5, 0.6) is 0 Å². The highest BCUT2D eigenvalue weighted by Gasteiger charge is 2.36. The van der Waals surface area contributed by atoms with Crippen LogP contribution >= 0.6 is 0 Å². The summed E-state index contributed by atoms with van der Waals surface area (Å²) in [6.45, 7) is 7.23. The van der Waals surface area contributed by atoms with E-state index in [4.69, 9.17) is 5.73 Å². The summed E-state index contributed by atoms with van der Waals surface area (Å²) in [5.74, 6) is -0.0929. The van der Waals surface area contributed by atoms with Crippen LogP contribution in [0.1, 0.15) is 46.5 Å². The lowest BCUT2D eigenvalue weighted by Crippen LogP contribution is -2.38. The molecule has 0 saturated carbocycles. The van der Waals surface area contributed by atoms with E-state index in [1.165, 1.54) is 0 Å². The Hall–Kier alpha value is -1.10. The number of carbonyl (C=O) groups is 2. The minimum Gasteiger partial charge on any atom is -0.356 e. The molecule has 2 unspecified atom stereocenters. The van der Waals surface area contributed by atoms with Crippen molar-refractivity contribution in [1.82, 2.24) is 10.2 Å². The van der Waals surface area contributed by atoms with E-state index in [1.807, 2.05) is 11.8 Å². The quantitative estimate of drug-likeness (QED) is 0.720. The number of hydrogen-bond donors (Lipinski definition) is 2. The summed E-state index contributed by atoms with van der Waals surface area (Å²) in [5, 5.41) is 2.87. The Morgan fingerprint density at radius 1 is 1.47 bits per heavy atom. The second kappa shape index (κ2) is 7.48. The topological polar surface area (TPSA) is 75.4 Å². The van der Waals surface area contributed by atoms with E-state index >= 15 is 0 Å². The van der Waals surface area contributed by atoms with Crippen molar-refractivity contribution in [3.8, 4) is 0 Å². The Bertz CT molecular complexity index is 314. The van der Waals surface area contributed by atoms with Gasteiger partial charge in [0.15, 0.2) is 0 Å². The number of nitrogens with zero attached hydrogens (tertiary/aromatic N) is 1. The van der Waals surface area contributed by atoms with E-state index in [0.29, 0.717) is 19.5 Å². The zero-order valence-electron chi connectivity index (χ0n) is 12.3. The van der Waals surface area contributed by atoms with Crippen LogP contribution in [0.4, 0.5) is 0 Å². The number of carbonyl (C=O) groups excluding carboxylic acids is 2. The fourth-order valence-electron chi connectivity index (χ4n) is 2.56. The fraction of sp³-hybridized carbons (Fsp3) is 0.857. The molecule has 2 atom stereocenters. The SMILES string of the molecule is CCC(CC)N1CC(C(=O)NCCC(C)N)CC1=O. The van der Waals surface area contributed by atoms with Crippen LogP contribution < -0.4 is 11.1 Å². The highest BCUT2D eigenvalue weighted by molar-refractivity contribution is 5.89. The van der Waals surface area contributed by atoms with Gasteiger partial charge >= 0.3 is 0 Å². The molecule has 1 heterocycles. The highest BCUT2D eigenvalue weighted by atomic mass is 16.2. The first kappa shape index (κ1) is 16.0. The molecular weight excluding hydrogens is 242 g/mol. The summed E-state index contributed by atoms with van der Waals surface area (Å²) in [6.07, 6.45) is 3.01. The Morgan fingerprint density at radius 3 is 2.63 bits per heavy atom. The Morgan fingerprint density at radius 2 is 2.11 bits per heavy atom. The van der Waals surface area contributed by atoms with Crippen LogP contribution in [0.3, 0.4) is 0 Å². The molecule has 0 spiro atoms. The maximum absolute atomic E-state index is 12.0. The van der Waals surface area contributed by atoms with Gasteiger partial charge in [0.25, 0.3) is 0 Å². The average Bonchev–Trinajstić information content (AvgIpc) is 2.73. The van der Waals surface area contributed by atoms with Gasteiger partial charge in [-0.2, -0.15) is 0 Å². The van der Waals surface area contributed by atoms with Crippen molar-refractivity contribution in [1.29, 1.82) is 0 Å². The van der Waals surface area contributed by atoms with Gasteiger partial charge in [0.05, 0.1) is 5.92 Å². The van der Waals surface area contributed by atoms with Gasteiger partial charge in [-0.05, 0) is 26.2 Å². The molecule has 2 amide bonds. The van der Waals surface area contributed by atoms with Gasteiger partial charge in [-0.1, -0.05) is 13.8 Å². The zero-order valence-corrected chi connectivity index (χ0v) is 12.3. The van der Waals surface area contributed by atoms with Crippen LogP contribution in [0.15, 0.2) is 0 Å². The standard InChI is InChI=1S/C14H27N3O2/c1-4-12(5-2)17-9-11(8-13(17)18)14(19)16-7-6-10(3)15/h10-12H,4-9,15H2,1-3H3,(H,16,19). The molecule has 0 aromatic rings. The molecule has 1 rings (SSSR count). The molecule has 1 fully saturated rings. The zero-order chi connectivity index (χ0) is 14.4. The molecule has 5 heteroatoms. The minimum atomic E-state index is -0.193. The molecule has 0 aliphatic carbocycles. The van der Waals surface area contributed by atoms with Crippen LogP contribution in [0.2, 0.25) is 0 Å². The molecule has 5 nitrogen and oxygen atoms in total. The van der Waals surface area contributed by atoms with Gasteiger partial charge in [-0.25, -0.2) is 0 Å². The third kappa shape index (κ3) is 4.49. The molecule has 110 valence electrons. The Balaban J connectivity index is 2.45. The molecule has 0 aromatic carbocycles. The van der Waals surface area contributed by atoms with Crippen LogP contribution in [0, 0.1) is 5.92 Å². The lowest BCUT2D eigenvalue weighted by molar-refractivity contribution is -0.130. The van der Waals surface area contributed by atoms with Gasteiger partial charge in [0.2, 0.25) is 11.8 Å². The van der Waals surface area contributed by atoms with Gasteiger partial charge < -0.3 is 16.0 Å². The number of amides is 2. The van der Waals surface area contributed by atoms with Gasteiger partial charge in [-0.3, -0.25) is 9.59 Å². The first-order valence-electron chi connectivity index (χ1n) is 7.32. The smallest absolute Gasteiger partial charge is 0.225 e. The molecule has 1 saturated heterocycles. The maximum atomic E-state index is 12.0. The molecule has 0 bridgehead atoms. The Labute approximate surface area is 115 Å². The van der Waals surface area contributed by atoms with Crippen molar-refractivity contribution in [3.63, 3.8) is 0 Å². The van der Waals surface area contributed by atoms with E-state index in [2.05, 4.69) is 19.2 Å².